The third-order valence-electron chi connectivity index (χ3n) is 4.84. The Bertz CT molecular complexity index is 791. The smallest absolute Gasteiger partial charge is 0.224 e. The minimum atomic E-state index is -0.0628. The summed E-state index contributed by atoms with van der Waals surface area (Å²) in [6.07, 6.45) is 5.06. The number of nitrogens with one attached hydrogen (secondary N) is 1. The first-order chi connectivity index (χ1) is 13.5. The van der Waals surface area contributed by atoms with Crippen molar-refractivity contribution in [3.8, 4) is 5.75 Å². The lowest BCUT2D eigenvalue weighted by molar-refractivity contribution is -0.116. The number of halogens is 2. The molecule has 1 N–H and O–H groups in total. The summed E-state index contributed by atoms with van der Waals surface area (Å²) in [6, 6.07) is 8.95. The predicted octanol–water partition coefficient (Wildman–Crippen LogP) is 5.42. The summed E-state index contributed by atoms with van der Waals surface area (Å²) in [4.78, 5) is 18.9. The van der Waals surface area contributed by atoms with Gasteiger partial charge in [-0.15, -0.1) is 0 Å². The van der Waals surface area contributed by atoms with Crippen molar-refractivity contribution in [2.24, 2.45) is 5.92 Å². The molecule has 0 saturated carbocycles. The highest BCUT2D eigenvalue weighted by Crippen LogP contribution is 2.27. The number of anilines is 2. The summed E-state index contributed by atoms with van der Waals surface area (Å²) in [7, 11) is 0. The molecule has 0 unspecified atom stereocenters. The van der Waals surface area contributed by atoms with Gasteiger partial charge in [0.1, 0.15) is 11.6 Å². The Hall–Kier alpha value is -1.98. The van der Waals surface area contributed by atoms with E-state index in [0.29, 0.717) is 40.9 Å². The molecule has 3 rings (SSSR count). The summed E-state index contributed by atoms with van der Waals surface area (Å²) in [5.41, 5.74) is 0.709. The molecular weight excluding hydrogens is 397 g/mol. The highest BCUT2D eigenvalue weighted by molar-refractivity contribution is 6.35. The Kier molecular flexibility index (Phi) is 7.40. The number of rotatable bonds is 7. The van der Waals surface area contributed by atoms with Crippen LogP contribution in [0.1, 0.15) is 32.6 Å². The fourth-order valence-corrected chi connectivity index (χ4v) is 3.58. The van der Waals surface area contributed by atoms with Crippen LogP contribution in [0.15, 0.2) is 36.5 Å². The highest BCUT2D eigenvalue weighted by Gasteiger charge is 2.16. The molecule has 2 aromatic rings. The number of amides is 1. The fourth-order valence-electron chi connectivity index (χ4n) is 3.12. The van der Waals surface area contributed by atoms with Crippen LogP contribution in [0.4, 0.5) is 11.5 Å². The SMILES string of the molecule is CC1CCN(c2ccc(NC(=O)CCCOc3ccc(Cl)cc3Cl)cn2)CC1. The van der Waals surface area contributed by atoms with E-state index in [1.165, 1.54) is 12.8 Å². The van der Waals surface area contributed by atoms with Crippen molar-refractivity contribution in [1.29, 1.82) is 0 Å². The fraction of sp³-hybridized carbons (Fsp3) is 0.429. The van der Waals surface area contributed by atoms with E-state index in [2.05, 4.69) is 22.1 Å². The van der Waals surface area contributed by atoms with Gasteiger partial charge >= 0.3 is 0 Å². The zero-order valence-corrected chi connectivity index (χ0v) is 17.5. The van der Waals surface area contributed by atoms with Crippen molar-refractivity contribution < 1.29 is 9.53 Å². The van der Waals surface area contributed by atoms with Gasteiger partial charge in [0.05, 0.1) is 23.5 Å². The molecule has 0 aliphatic carbocycles. The second-order valence-corrected chi connectivity index (χ2v) is 7.99. The number of aromatic nitrogens is 1. The van der Waals surface area contributed by atoms with Crippen molar-refractivity contribution in [1.82, 2.24) is 4.98 Å². The van der Waals surface area contributed by atoms with Crippen LogP contribution >= 0.6 is 23.2 Å². The van der Waals surface area contributed by atoms with E-state index in [-0.39, 0.29) is 5.91 Å². The van der Waals surface area contributed by atoms with Gasteiger partial charge in [0.2, 0.25) is 5.91 Å². The van der Waals surface area contributed by atoms with Crippen molar-refractivity contribution >= 4 is 40.6 Å². The molecule has 1 aromatic carbocycles. The lowest BCUT2D eigenvalue weighted by Crippen LogP contribution is -2.33. The highest BCUT2D eigenvalue weighted by atomic mass is 35.5. The van der Waals surface area contributed by atoms with Gasteiger partial charge in [0.15, 0.2) is 0 Å². The lowest BCUT2D eigenvalue weighted by atomic mass is 9.99. The summed E-state index contributed by atoms with van der Waals surface area (Å²) >= 11 is 11.9. The molecule has 1 saturated heterocycles. The molecule has 0 radical (unpaired) electrons. The van der Waals surface area contributed by atoms with Crippen molar-refractivity contribution in [3.05, 3.63) is 46.6 Å². The summed E-state index contributed by atoms with van der Waals surface area (Å²) < 4.78 is 5.59. The molecule has 0 atom stereocenters. The summed E-state index contributed by atoms with van der Waals surface area (Å²) in [5, 5.41) is 3.90. The number of hydrogen-bond acceptors (Lipinski definition) is 4. The number of pyridine rings is 1. The van der Waals surface area contributed by atoms with Gasteiger partial charge in [-0.2, -0.15) is 0 Å². The molecule has 7 heteroatoms. The van der Waals surface area contributed by atoms with E-state index in [1.54, 1.807) is 24.4 Å². The first kappa shape index (κ1) is 20.7. The summed E-state index contributed by atoms with van der Waals surface area (Å²) in [5.74, 6) is 2.26. The molecule has 1 aliphatic rings. The summed E-state index contributed by atoms with van der Waals surface area (Å²) in [6.45, 7) is 4.77. The van der Waals surface area contributed by atoms with Gasteiger partial charge in [0, 0.05) is 24.5 Å². The van der Waals surface area contributed by atoms with Crippen LogP contribution in [0.2, 0.25) is 10.0 Å². The number of carbonyl (C=O) groups excluding carboxylic acids is 1. The quantitative estimate of drug-likeness (QED) is 0.606. The van der Waals surface area contributed by atoms with Gasteiger partial charge in [-0.1, -0.05) is 30.1 Å². The van der Waals surface area contributed by atoms with Crippen LogP contribution in [-0.2, 0) is 4.79 Å². The van der Waals surface area contributed by atoms with Crippen LogP contribution in [0.25, 0.3) is 0 Å². The van der Waals surface area contributed by atoms with Crippen molar-refractivity contribution in [2.75, 3.05) is 29.9 Å². The number of carbonyl (C=O) groups is 1. The van der Waals surface area contributed by atoms with Crippen molar-refractivity contribution in [2.45, 2.75) is 32.6 Å². The Balaban J connectivity index is 1.39. The zero-order chi connectivity index (χ0) is 19.9. The average molecular weight is 422 g/mol. The van der Waals surface area contributed by atoms with Gasteiger partial charge in [0.25, 0.3) is 0 Å². The molecule has 150 valence electrons. The standard InChI is InChI=1S/C21H25Cl2N3O2/c1-15-8-10-26(11-9-15)20-7-5-17(14-24-20)25-21(27)3-2-12-28-19-6-4-16(22)13-18(19)23/h4-7,13-15H,2-3,8-12H2,1H3,(H,25,27). The van der Waals surface area contributed by atoms with Gasteiger partial charge in [-0.3, -0.25) is 4.79 Å². The molecule has 28 heavy (non-hydrogen) atoms. The number of hydrogen-bond donors (Lipinski definition) is 1. The van der Waals surface area contributed by atoms with Gasteiger partial charge in [-0.25, -0.2) is 4.98 Å². The average Bonchev–Trinajstić information content (AvgIpc) is 2.68. The van der Waals surface area contributed by atoms with Crippen LogP contribution < -0.4 is 15.0 Å². The van der Waals surface area contributed by atoms with E-state index in [9.17, 15) is 4.79 Å². The number of nitrogens with zero attached hydrogens (tertiary/aromatic N) is 2. The number of benzene rings is 1. The molecule has 2 heterocycles. The molecule has 5 nitrogen and oxygen atoms in total. The zero-order valence-electron chi connectivity index (χ0n) is 16.0. The molecule has 1 fully saturated rings. The maximum Gasteiger partial charge on any atom is 0.224 e. The molecule has 1 aromatic heterocycles. The van der Waals surface area contributed by atoms with E-state index < -0.39 is 0 Å². The van der Waals surface area contributed by atoms with Crippen LogP contribution in [-0.4, -0.2) is 30.6 Å². The minimum Gasteiger partial charge on any atom is -0.492 e. The van der Waals surface area contributed by atoms with Crippen LogP contribution in [0.5, 0.6) is 5.75 Å². The van der Waals surface area contributed by atoms with Crippen LogP contribution in [0.3, 0.4) is 0 Å². The number of piperidine rings is 1. The molecule has 1 aliphatic heterocycles. The Morgan fingerprint density at radius 1 is 1.25 bits per heavy atom. The van der Waals surface area contributed by atoms with Crippen molar-refractivity contribution in [3.63, 3.8) is 0 Å². The Labute approximate surface area is 176 Å². The van der Waals surface area contributed by atoms with E-state index in [0.717, 1.165) is 24.8 Å². The Morgan fingerprint density at radius 2 is 2.04 bits per heavy atom. The maximum absolute atomic E-state index is 12.1. The molecule has 1 amide bonds. The molecular formula is C21H25Cl2N3O2. The number of ether oxygens (including phenoxy) is 1. The monoisotopic (exact) mass is 421 g/mol. The maximum atomic E-state index is 12.1. The normalized spacial score (nSPS) is 14.8. The van der Waals surface area contributed by atoms with Gasteiger partial charge < -0.3 is 15.0 Å². The lowest BCUT2D eigenvalue weighted by Gasteiger charge is -2.31. The molecule has 0 bridgehead atoms. The topological polar surface area (TPSA) is 54.5 Å². The first-order valence-corrected chi connectivity index (χ1v) is 10.4. The third-order valence-corrected chi connectivity index (χ3v) is 5.37. The predicted molar refractivity (Wildman–Crippen MR) is 115 cm³/mol. The molecule has 0 spiro atoms. The van der Waals surface area contributed by atoms with Crippen LogP contribution in [0, 0.1) is 5.92 Å². The largest absolute Gasteiger partial charge is 0.492 e. The van der Waals surface area contributed by atoms with Gasteiger partial charge in [-0.05, 0) is 55.5 Å². The van der Waals surface area contributed by atoms with E-state index >= 15 is 0 Å². The Morgan fingerprint density at radius 3 is 2.71 bits per heavy atom. The van der Waals surface area contributed by atoms with E-state index in [1.807, 2.05) is 12.1 Å². The first-order valence-electron chi connectivity index (χ1n) is 9.60. The third kappa shape index (κ3) is 6.01. The second kappa shape index (κ2) is 9.99. The van der Waals surface area contributed by atoms with E-state index in [4.69, 9.17) is 27.9 Å². The second-order valence-electron chi connectivity index (χ2n) is 7.15. The minimum absolute atomic E-state index is 0.0628.